The highest BCUT2D eigenvalue weighted by Crippen LogP contribution is 2.14. The molecule has 6 nitrogen and oxygen atoms in total. The quantitative estimate of drug-likeness (QED) is 0.827. The Morgan fingerprint density at radius 1 is 1.33 bits per heavy atom. The van der Waals surface area contributed by atoms with E-state index in [1.54, 1.807) is 18.2 Å². The number of carboxylic acids is 1. The van der Waals surface area contributed by atoms with Gasteiger partial charge in [-0.15, -0.1) is 0 Å². The topological polar surface area (TPSA) is 92.7 Å². The second kappa shape index (κ2) is 7.02. The van der Waals surface area contributed by atoms with E-state index in [0.717, 1.165) is 19.3 Å². The highest BCUT2D eigenvalue weighted by atomic mass is 32.2. The van der Waals surface area contributed by atoms with Crippen molar-refractivity contribution in [3.05, 3.63) is 35.4 Å². The van der Waals surface area contributed by atoms with Crippen LogP contribution in [-0.2, 0) is 21.3 Å². The SMILES string of the molecule is O=C(O)c1ccccc1CNS(=O)(=O)CC1CCCCO1. The van der Waals surface area contributed by atoms with Crippen LogP contribution in [-0.4, -0.2) is 38.0 Å². The summed E-state index contributed by atoms with van der Waals surface area (Å²) in [6.45, 7) is 0.569. The Hall–Kier alpha value is -1.44. The summed E-state index contributed by atoms with van der Waals surface area (Å²) in [6.07, 6.45) is 2.41. The standard InChI is InChI=1S/C14H19NO5S/c16-14(17)13-7-2-1-5-11(13)9-15-21(18,19)10-12-6-3-4-8-20-12/h1-2,5,7,12,15H,3-4,6,8-10H2,(H,16,17). The number of sulfonamides is 1. The van der Waals surface area contributed by atoms with Gasteiger partial charge in [0.1, 0.15) is 0 Å². The van der Waals surface area contributed by atoms with Crippen molar-refractivity contribution in [1.29, 1.82) is 0 Å². The molecule has 1 fully saturated rings. The molecule has 2 rings (SSSR count). The van der Waals surface area contributed by atoms with E-state index in [9.17, 15) is 13.2 Å². The van der Waals surface area contributed by atoms with Gasteiger partial charge in [0, 0.05) is 13.2 Å². The Morgan fingerprint density at radius 3 is 2.76 bits per heavy atom. The second-order valence-electron chi connectivity index (χ2n) is 5.05. The van der Waals surface area contributed by atoms with Gasteiger partial charge in [0.25, 0.3) is 0 Å². The molecule has 0 aliphatic carbocycles. The number of carboxylic acid groups (broad SMARTS) is 1. The maximum atomic E-state index is 12.0. The lowest BCUT2D eigenvalue weighted by molar-refractivity contribution is 0.0304. The van der Waals surface area contributed by atoms with Crippen LogP contribution in [0.1, 0.15) is 35.2 Å². The summed E-state index contributed by atoms with van der Waals surface area (Å²) in [5.41, 5.74) is 0.548. The van der Waals surface area contributed by atoms with Crippen LogP contribution in [0, 0.1) is 0 Å². The van der Waals surface area contributed by atoms with E-state index in [1.807, 2.05) is 0 Å². The highest BCUT2D eigenvalue weighted by molar-refractivity contribution is 7.89. The molecule has 1 heterocycles. The average Bonchev–Trinajstić information content (AvgIpc) is 2.46. The average molecular weight is 313 g/mol. The number of carbonyl (C=O) groups is 1. The zero-order valence-corrected chi connectivity index (χ0v) is 12.4. The van der Waals surface area contributed by atoms with E-state index < -0.39 is 16.0 Å². The first-order valence-electron chi connectivity index (χ1n) is 6.88. The molecule has 2 N–H and O–H groups in total. The molecule has 116 valence electrons. The highest BCUT2D eigenvalue weighted by Gasteiger charge is 2.22. The van der Waals surface area contributed by atoms with E-state index in [0.29, 0.717) is 12.2 Å². The van der Waals surface area contributed by atoms with Crippen LogP contribution in [0.3, 0.4) is 0 Å². The van der Waals surface area contributed by atoms with Crippen LogP contribution in [0.5, 0.6) is 0 Å². The van der Waals surface area contributed by atoms with E-state index in [4.69, 9.17) is 9.84 Å². The molecule has 0 saturated carbocycles. The number of nitrogens with one attached hydrogen (secondary N) is 1. The molecular formula is C14H19NO5S. The Labute approximate surface area is 124 Å². The minimum atomic E-state index is -3.49. The van der Waals surface area contributed by atoms with Crippen LogP contribution >= 0.6 is 0 Å². The molecular weight excluding hydrogens is 294 g/mol. The molecule has 0 radical (unpaired) electrons. The maximum absolute atomic E-state index is 12.0. The lowest BCUT2D eigenvalue weighted by Gasteiger charge is -2.22. The Kier molecular flexibility index (Phi) is 5.33. The molecule has 1 atom stereocenters. The van der Waals surface area contributed by atoms with Gasteiger partial charge in [-0.3, -0.25) is 0 Å². The normalized spacial score (nSPS) is 19.3. The minimum absolute atomic E-state index is 0.0302. The monoisotopic (exact) mass is 313 g/mol. The molecule has 0 amide bonds. The van der Waals surface area contributed by atoms with Crippen LogP contribution < -0.4 is 4.72 Å². The van der Waals surface area contributed by atoms with Crippen LogP contribution in [0.4, 0.5) is 0 Å². The Bertz CT molecular complexity index is 593. The lowest BCUT2D eigenvalue weighted by Crippen LogP contribution is -2.35. The van der Waals surface area contributed by atoms with Gasteiger partial charge in [-0.2, -0.15) is 0 Å². The van der Waals surface area contributed by atoms with Crippen molar-refractivity contribution in [2.75, 3.05) is 12.4 Å². The lowest BCUT2D eigenvalue weighted by atomic mass is 10.1. The first-order valence-corrected chi connectivity index (χ1v) is 8.53. The van der Waals surface area contributed by atoms with Crippen molar-refractivity contribution in [2.45, 2.75) is 31.9 Å². The minimum Gasteiger partial charge on any atom is -0.478 e. The molecule has 1 aliphatic rings. The summed E-state index contributed by atoms with van der Waals surface area (Å²) in [4.78, 5) is 11.1. The number of hydrogen-bond donors (Lipinski definition) is 2. The van der Waals surface area contributed by atoms with Gasteiger partial charge in [0.15, 0.2) is 0 Å². The number of hydrogen-bond acceptors (Lipinski definition) is 4. The van der Waals surface area contributed by atoms with Crippen LogP contribution in [0.15, 0.2) is 24.3 Å². The smallest absolute Gasteiger partial charge is 0.336 e. The van der Waals surface area contributed by atoms with Crippen molar-refractivity contribution in [1.82, 2.24) is 4.72 Å². The van der Waals surface area contributed by atoms with Crippen LogP contribution in [0.25, 0.3) is 0 Å². The molecule has 1 aromatic rings. The number of aromatic carboxylic acids is 1. The predicted octanol–water partition coefficient (Wildman–Crippen LogP) is 1.37. The number of benzene rings is 1. The van der Waals surface area contributed by atoms with E-state index in [-0.39, 0.29) is 24.0 Å². The number of rotatable bonds is 6. The Balaban J connectivity index is 1.96. The molecule has 1 unspecified atom stereocenters. The van der Waals surface area contributed by atoms with Crippen molar-refractivity contribution < 1.29 is 23.1 Å². The van der Waals surface area contributed by atoms with Crippen LogP contribution in [0.2, 0.25) is 0 Å². The molecule has 1 aliphatic heterocycles. The molecule has 0 aromatic heterocycles. The largest absolute Gasteiger partial charge is 0.478 e. The molecule has 21 heavy (non-hydrogen) atoms. The number of ether oxygens (including phenoxy) is 1. The van der Waals surface area contributed by atoms with Crippen molar-refractivity contribution >= 4 is 16.0 Å². The fraction of sp³-hybridized carbons (Fsp3) is 0.500. The molecule has 0 bridgehead atoms. The fourth-order valence-corrected chi connectivity index (χ4v) is 3.56. The second-order valence-corrected chi connectivity index (χ2v) is 6.90. The summed E-state index contributed by atoms with van der Waals surface area (Å²) < 4.78 is 31.9. The molecule has 7 heteroatoms. The van der Waals surface area contributed by atoms with E-state index in [1.165, 1.54) is 6.07 Å². The Morgan fingerprint density at radius 2 is 2.10 bits per heavy atom. The van der Waals surface area contributed by atoms with Gasteiger partial charge in [0.05, 0.1) is 17.4 Å². The first-order chi connectivity index (χ1) is 9.98. The zero-order chi connectivity index (χ0) is 15.3. The third kappa shape index (κ3) is 4.80. The van der Waals surface area contributed by atoms with Gasteiger partial charge in [-0.1, -0.05) is 18.2 Å². The summed E-state index contributed by atoms with van der Waals surface area (Å²) >= 11 is 0. The van der Waals surface area contributed by atoms with Crippen molar-refractivity contribution in [2.24, 2.45) is 0 Å². The third-order valence-electron chi connectivity index (χ3n) is 3.41. The van der Waals surface area contributed by atoms with Crippen molar-refractivity contribution in [3.63, 3.8) is 0 Å². The van der Waals surface area contributed by atoms with Gasteiger partial charge in [-0.05, 0) is 30.9 Å². The molecule has 1 aromatic carbocycles. The molecule has 0 spiro atoms. The van der Waals surface area contributed by atoms with Gasteiger partial charge in [-0.25, -0.2) is 17.9 Å². The summed E-state index contributed by atoms with van der Waals surface area (Å²) in [5, 5.41) is 9.06. The zero-order valence-electron chi connectivity index (χ0n) is 11.6. The van der Waals surface area contributed by atoms with Gasteiger partial charge < -0.3 is 9.84 Å². The summed E-state index contributed by atoms with van der Waals surface area (Å²) in [7, 11) is -3.49. The maximum Gasteiger partial charge on any atom is 0.336 e. The third-order valence-corrected chi connectivity index (χ3v) is 4.80. The molecule has 1 saturated heterocycles. The fourth-order valence-electron chi connectivity index (χ4n) is 2.31. The summed E-state index contributed by atoms with van der Waals surface area (Å²) in [6, 6.07) is 6.34. The van der Waals surface area contributed by atoms with Crippen molar-refractivity contribution in [3.8, 4) is 0 Å². The van der Waals surface area contributed by atoms with E-state index >= 15 is 0 Å². The van der Waals surface area contributed by atoms with Gasteiger partial charge >= 0.3 is 5.97 Å². The summed E-state index contributed by atoms with van der Waals surface area (Å²) in [5.74, 6) is -1.15. The first kappa shape index (κ1) is 15.9. The predicted molar refractivity (Wildman–Crippen MR) is 77.6 cm³/mol. The van der Waals surface area contributed by atoms with Gasteiger partial charge in [0.2, 0.25) is 10.0 Å². The van der Waals surface area contributed by atoms with E-state index in [2.05, 4.69) is 4.72 Å².